The predicted octanol–water partition coefficient (Wildman–Crippen LogP) is 4.00. The number of rotatable bonds is 5. The van der Waals surface area contributed by atoms with Crippen LogP contribution in [0.5, 0.6) is 5.88 Å². The Bertz CT molecular complexity index is 1200. The lowest BCUT2D eigenvalue weighted by atomic mass is 10.1. The summed E-state index contributed by atoms with van der Waals surface area (Å²) < 4.78 is 2.31. The van der Waals surface area contributed by atoms with E-state index >= 15 is 0 Å². The van der Waals surface area contributed by atoms with Gasteiger partial charge in [0, 0.05) is 11.4 Å². The first kappa shape index (κ1) is 19.7. The smallest absolute Gasteiger partial charge is 0.338 e. The van der Waals surface area contributed by atoms with E-state index in [4.69, 9.17) is 11.6 Å². The van der Waals surface area contributed by atoms with E-state index < -0.39 is 11.2 Å². The highest BCUT2D eigenvalue weighted by molar-refractivity contribution is 6.30. The van der Waals surface area contributed by atoms with E-state index in [-0.39, 0.29) is 24.4 Å². The van der Waals surface area contributed by atoms with Gasteiger partial charge in [-0.15, -0.1) is 0 Å². The molecule has 0 saturated carbocycles. The van der Waals surface area contributed by atoms with Crippen molar-refractivity contribution in [3.63, 3.8) is 0 Å². The molecule has 4 aromatic rings. The minimum atomic E-state index is -0.611. The maximum Gasteiger partial charge on any atom is 0.338 e. The third-order valence-electron chi connectivity index (χ3n) is 4.90. The van der Waals surface area contributed by atoms with Crippen LogP contribution in [0.1, 0.15) is 16.7 Å². The highest BCUT2D eigenvalue weighted by atomic mass is 35.5. The molecule has 150 valence electrons. The first-order chi connectivity index (χ1) is 14.5. The van der Waals surface area contributed by atoms with Gasteiger partial charge < -0.3 is 5.11 Å². The Balaban J connectivity index is 1.94. The summed E-state index contributed by atoms with van der Waals surface area (Å²) in [6.07, 6.45) is 0.203. The standard InChI is InChI=1S/C24H19ClN2O3/c25-19-11-13-20(14-12-19)27-23(29)21(15-17-7-3-1-4-8-17)22(28)26(24(27)30)16-18-9-5-2-6-10-18/h1-14,28H,15-16H2. The van der Waals surface area contributed by atoms with Crippen molar-refractivity contribution in [1.82, 2.24) is 9.13 Å². The normalized spacial score (nSPS) is 10.8. The molecular weight excluding hydrogens is 400 g/mol. The van der Waals surface area contributed by atoms with Crippen molar-refractivity contribution >= 4 is 11.6 Å². The fourth-order valence-electron chi connectivity index (χ4n) is 3.37. The number of hydrogen-bond donors (Lipinski definition) is 1. The molecule has 0 unspecified atom stereocenters. The van der Waals surface area contributed by atoms with Crippen molar-refractivity contribution in [1.29, 1.82) is 0 Å². The first-order valence-electron chi connectivity index (χ1n) is 9.46. The number of nitrogens with zero attached hydrogens (tertiary/aromatic N) is 2. The Hall–Kier alpha value is -3.57. The lowest BCUT2D eigenvalue weighted by molar-refractivity contribution is 0.398. The summed E-state index contributed by atoms with van der Waals surface area (Å²) in [4.78, 5) is 26.5. The van der Waals surface area contributed by atoms with Crippen LogP contribution in [-0.2, 0) is 13.0 Å². The minimum Gasteiger partial charge on any atom is -0.494 e. The Morgan fingerprint density at radius 1 is 0.767 bits per heavy atom. The number of aromatic nitrogens is 2. The summed E-state index contributed by atoms with van der Waals surface area (Å²) >= 11 is 5.97. The van der Waals surface area contributed by atoms with E-state index in [1.807, 2.05) is 60.7 Å². The summed E-state index contributed by atoms with van der Waals surface area (Å²) in [5, 5.41) is 11.4. The lowest BCUT2D eigenvalue weighted by Crippen LogP contribution is -2.40. The van der Waals surface area contributed by atoms with Gasteiger partial charge in [0.15, 0.2) is 0 Å². The van der Waals surface area contributed by atoms with Crippen LogP contribution in [0.25, 0.3) is 5.69 Å². The van der Waals surface area contributed by atoms with E-state index in [9.17, 15) is 14.7 Å². The zero-order valence-corrected chi connectivity index (χ0v) is 16.8. The second-order valence-corrected chi connectivity index (χ2v) is 7.37. The molecule has 0 aliphatic heterocycles. The summed E-state index contributed by atoms with van der Waals surface area (Å²) in [5.74, 6) is -0.317. The lowest BCUT2D eigenvalue weighted by Gasteiger charge is -2.16. The average molecular weight is 419 g/mol. The van der Waals surface area contributed by atoms with Gasteiger partial charge in [-0.1, -0.05) is 72.3 Å². The second kappa shape index (κ2) is 8.43. The summed E-state index contributed by atoms with van der Waals surface area (Å²) in [5.41, 5.74) is 1.09. The molecule has 0 atom stereocenters. The molecule has 0 aliphatic rings. The molecule has 1 heterocycles. The van der Waals surface area contributed by atoms with Crippen molar-refractivity contribution in [3.8, 4) is 11.6 Å². The van der Waals surface area contributed by atoms with Crippen LogP contribution in [0.15, 0.2) is 94.5 Å². The summed E-state index contributed by atoms with van der Waals surface area (Å²) in [6, 6.07) is 25.1. The maximum atomic E-state index is 13.3. The van der Waals surface area contributed by atoms with Gasteiger partial charge in [-0.25, -0.2) is 9.36 Å². The highest BCUT2D eigenvalue weighted by Crippen LogP contribution is 2.19. The molecule has 30 heavy (non-hydrogen) atoms. The molecule has 0 amide bonds. The molecule has 6 heteroatoms. The maximum absolute atomic E-state index is 13.3. The fraction of sp³-hybridized carbons (Fsp3) is 0.0833. The van der Waals surface area contributed by atoms with Gasteiger partial charge in [0.1, 0.15) is 0 Å². The largest absolute Gasteiger partial charge is 0.494 e. The minimum absolute atomic E-state index is 0.140. The van der Waals surface area contributed by atoms with Gasteiger partial charge in [0.2, 0.25) is 5.88 Å². The van der Waals surface area contributed by atoms with Gasteiger partial charge in [-0.05, 0) is 35.4 Å². The Kier molecular flexibility index (Phi) is 5.55. The van der Waals surface area contributed by atoms with Gasteiger partial charge in [0.05, 0.1) is 17.8 Å². The third kappa shape index (κ3) is 3.93. The molecule has 1 N–H and O–H groups in total. The molecule has 0 radical (unpaired) electrons. The molecular formula is C24H19ClN2O3. The number of benzene rings is 3. The quantitative estimate of drug-likeness (QED) is 0.533. The van der Waals surface area contributed by atoms with E-state index in [2.05, 4.69) is 0 Å². The van der Waals surface area contributed by atoms with E-state index in [1.54, 1.807) is 24.3 Å². The van der Waals surface area contributed by atoms with Gasteiger partial charge in [0.25, 0.3) is 5.56 Å². The highest BCUT2D eigenvalue weighted by Gasteiger charge is 2.20. The zero-order chi connectivity index (χ0) is 21.1. The van der Waals surface area contributed by atoms with Crippen LogP contribution in [0.2, 0.25) is 5.02 Å². The summed E-state index contributed by atoms with van der Waals surface area (Å²) in [6.45, 7) is 0.140. The van der Waals surface area contributed by atoms with Gasteiger partial charge >= 0.3 is 5.69 Å². The zero-order valence-electron chi connectivity index (χ0n) is 16.0. The molecule has 0 aliphatic carbocycles. The van der Waals surface area contributed by atoms with E-state index in [0.29, 0.717) is 10.7 Å². The molecule has 1 aromatic heterocycles. The van der Waals surface area contributed by atoms with Gasteiger partial charge in [-0.2, -0.15) is 0 Å². The molecule has 0 bridgehead atoms. The molecule has 0 spiro atoms. The number of hydrogen-bond acceptors (Lipinski definition) is 3. The SMILES string of the molecule is O=c1c(Cc2ccccc2)c(O)n(Cc2ccccc2)c(=O)n1-c1ccc(Cl)cc1. The Morgan fingerprint density at radius 3 is 1.93 bits per heavy atom. The van der Waals surface area contributed by atoms with Crippen molar-refractivity contribution in [2.75, 3.05) is 0 Å². The van der Waals surface area contributed by atoms with E-state index in [1.165, 1.54) is 4.57 Å². The average Bonchev–Trinajstić information content (AvgIpc) is 2.77. The van der Waals surface area contributed by atoms with Crippen molar-refractivity contribution in [3.05, 3.63) is 127 Å². The third-order valence-corrected chi connectivity index (χ3v) is 5.15. The fourth-order valence-corrected chi connectivity index (χ4v) is 3.50. The number of aromatic hydroxyl groups is 1. The molecule has 0 saturated heterocycles. The second-order valence-electron chi connectivity index (χ2n) is 6.94. The van der Waals surface area contributed by atoms with Crippen LogP contribution in [0.4, 0.5) is 0 Å². The van der Waals surface area contributed by atoms with Gasteiger partial charge in [-0.3, -0.25) is 9.36 Å². The van der Waals surface area contributed by atoms with E-state index in [0.717, 1.165) is 15.7 Å². The van der Waals surface area contributed by atoms with Crippen LogP contribution in [-0.4, -0.2) is 14.2 Å². The Morgan fingerprint density at radius 2 is 1.33 bits per heavy atom. The topological polar surface area (TPSA) is 64.2 Å². The molecule has 0 fully saturated rings. The molecule has 4 rings (SSSR count). The summed E-state index contributed by atoms with van der Waals surface area (Å²) in [7, 11) is 0. The van der Waals surface area contributed by atoms with Crippen LogP contribution in [0.3, 0.4) is 0 Å². The monoisotopic (exact) mass is 418 g/mol. The van der Waals surface area contributed by atoms with Crippen molar-refractivity contribution in [2.24, 2.45) is 0 Å². The van der Waals surface area contributed by atoms with Crippen LogP contribution < -0.4 is 11.2 Å². The molecule has 3 aromatic carbocycles. The van der Waals surface area contributed by atoms with Crippen molar-refractivity contribution in [2.45, 2.75) is 13.0 Å². The number of halogens is 1. The first-order valence-corrected chi connectivity index (χ1v) is 9.84. The predicted molar refractivity (Wildman–Crippen MR) is 118 cm³/mol. The molecule has 5 nitrogen and oxygen atoms in total. The van der Waals surface area contributed by atoms with Crippen LogP contribution in [0, 0.1) is 0 Å². The van der Waals surface area contributed by atoms with Crippen molar-refractivity contribution < 1.29 is 5.11 Å². The Labute approximate surface area is 178 Å². The van der Waals surface area contributed by atoms with Crippen LogP contribution >= 0.6 is 11.6 Å².